The van der Waals surface area contributed by atoms with Crippen molar-refractivity contribution in [3.8, 4) is 34.3 Å². The molecule has 0 saturated carbocycles. The predicted octanol–water partition coefficient (Wildman–Crippen LogP) is 2.79. The topological polar surface area (TPSA) is 100 Å². The number of H-pyrrole nitrogens is 1. The molecule has 1 amide bonds. The first-order valence-electron chi connectivity index (χ1n) is 7.97. The van der Waals surface area contributed by atoms with Crippen LogP contribution in [0.1, 0.15) is 16.1 Å². The zero-order chi connectivity index (χ0) is 18.3. The third-order valence-electron chi connectivity index (χ3n) is 4.24. The van der Waals surface area contributed by atoms with E-state index in [9.17, 15) is 9.90 Å². The monoisotopic (exact) mass is 370 g/mol. The predicted molar refractivity (Wildman–Crippen MR) is 96.5 cm³/mol. The number of phenols is 1. The molecular weight excluding hydrogens is 356 g/mol. The third-order valence-corrected chi connectivity index (χ3v) is 4.53. The molecule has 0 atom stereocenters. The van der Waals surface area contributed by atoms with Crippen LogP contribution in [0.4, 0.5) is 0 Å². The number of aromatic hydroxyl groups is 1. The number of phenolic OH excluding ortho intramolecular Hbond substituents is 1. The van der Waals surface area contributed by atoms with Gasteiger partial charge in [0.05, 0.1) is 29.1 Å². The summed E-state index contributed by atoms with van der Waals surface area (Å²) in [4.78, 5) is 24.0. The molecule has 0 spiro atoms. The Hall–Kier alpha value is -3.06. The van der Waals surface area contributed by atoms with Crippen molar-refractivity contribution in [2.75, 3.05) is 13.7 Å². The van der Waals surface area contributed by atoms with E-state index in [1.165, 1.54) is 7.11 Å². The fraction of sp³-hybridized carbons (Fsp3) is 0.167. The molecule has 2 aromatic heterocycles. The highest BCUT2D eigenvalue weighted by atomic mass is 35.5. The van der Waals surface area contributed by atoms with Crippen LogP contribution in [0.3, 0.4) is 0 Å². The molecule has 1 aliphatic heterocycles. The summed E-state index contributed by atoms with van der Waals surface area (Å²) in [6.07, 6.45) is 2.38. The number of aromatic amines is 1. The van der Waals surface area contributed by atoms with E-state index in [0.29, 0.717) is 29.2 Å². The molecule has 0 unspecified atom stereocenters. The number of halogens is 1. The summed E-state index contributed by atoms with van der Waals surface area (Å²) < 4.78 is 5.13. The lowest BCUT2D eigenvalue weighted by molar-refractivity contribution is 0.0946. The summed E-state index contributed by atoms with van der Waals surface area (Å²) in [6, 6.07) is 6.75. The van der Waals surface area contributed by atoms with Crippen LogP contribution in [-0.2, 0) is 6.42 Å². The number of carbonyl (C=O) groups excluding carboxylic acids is 1. The summed E-state index contributed by atoms with van der Waals surface area (Å²) >= 11 is 6.05. The van der Waals surface area contributed by atoms with E-state index in [0.717, 1.165) is 17.8 Å². The van der Waals surface area contributed by atoms with Crippen molar-refractivity contribution in [3.05, 3.63) is 46.7 Å². The molecule has 0 radical (unpaired) electrons. The summed E-state index contributed by atoms with van der Waals surface area (Å²) in [5.41, 5.74) is 3.55. The largest absolute Gasteiger partial charge is 0.503 e. The second-order valence-corrected chi connectivity index (χ2v) is 6.26. The molecule has 4 rings (SSSR count). The highest BCUT2D eigenvalue weighted by molar-refractivity contribution is 6.32. The molecule has 0 saturated heterocycles. The summed E-state index contributed by atoms with van der Waals surface area (Å²) in [5.74, 6) is 0.462. The smallest absolute Gasteiger partial charge is 0.253 e. The molecule has 3 aromatic rings. The number of nitrogens with one attached hydrogen (secondary N) is 2. The van der Waals surface area contributed by atoms with Crippen LogP contribution in [-0.4, -0.2) is 39.6 Å². The number of fused-ring (bicyclic) bond motifs is 1. The Labute approximate surface area is 154 Å². The maximum atomic E-state index is 11.9. The first-order chi connectivity index (χ1) is 12.6. The van der Waals surface area contributed by atoms with Crippen molar-refractivity contribution in [3.63, 3.8) is 0 Å². The number of hydrogen-bond donors (Lipinski definition) is 3. The van der Waals surface area contributed by atoms with Crippen LogP contribution in [0.2, 0.25) is 5.02 Å². The van der Waals surface area contributed by atoms with Gasteiger partial charge in [-0.2, -0.15) is 0 Å². The van der Waals surface area contributed by atoms with E-state index in [4.69, 9.17) is 16.3 Å². The first kappa shape index (κ1) is 16.4. The second-order valence-electron chi connectivity index (χ2n) is 5.86. The van der Waals surface area contributed by atoms with Gasteiger partial charge in [-0.15, -0.1) is 0 Å². The van der Waals surface area contributed by atoms with Crippen LogP contribution in [0.25, 0.3) is 22.8 Å². The molecule has 8 heteroatoms. The van der Waals surface area contributed by atoms with Gasteiger partial charge in [-0.3, -0.25) is 4.79 Å². The molecule has 0 bridgehead atoms. The standard InChI is InChI=1S/C18H15ClN4O3/c1-26-15-7-9(6-11(19)16(15)24)17-20-4-3-13(23-17)14-8-10-12(22-14)2-5-21-18(10)25/h3-4,6-8,22,24H,2,5H2,1H3,(H,21,25). The number of methoxy groups -OCH3 is 1. The molecule has 7 nitrogen and oxygen atoms in total. The Morgan fingerprint density at radius 2 is 2.15 bits per heavy atom. The van der Waals surface area contributed by atoms with Gasteiger partial charge >= 0.3 is 0 Å². The van der Waals surface area contributed by atoms with Crippen LogP contribution in [0, 0.1) is 0 Å². The number of benzene rings is 1. The minimum atomic E-state index is -0.128. The third kappa shape index (κ3) is 2.76. The average molecular weight is 371 g/mol. The fourth-order valence-corrected chi connectivity index (χ4v) is 3.15. The highest BCUT2D eigenvalue weighted by Crippen LogP contribution is 2.37. The van der Waals surface area contributed by atoms with Crippen molar-refractivity contribution in [2.24, 2.45) is 0 Å². The number of hydrogen-bond acceptors (Lipinski definition) is 5. The molecule has 0 fully saturated rings. The number of amides is 1. The van der Waals surface area contributed by atoms with Gasteiger partial charge in [0.25, 0.3) is 5.91 Å². The molecule has 0 aliphatic carbocycles. The van der Waals surface area contributed by atoms with Crippen molar-refractivity contribution < 1.29 is 14.6 Å². The molecule has 1 aliphatic rings. The van der Waals surface area contributed by atoms with Gasteiger partial charge in [-0.25, -0.2) is 9.97 Å². The number of ether oxygens (including phenoxy) is 1. The van der Waals surface area contributed by atoms with Gasteiger partial charge in [0.2, 0.25) is 0 Å². The Morgan fingerprint density at radius 3 is 2.92 bits per heavy atom. The van der Waals surface area contributed by atoms with Crippen molar-refractivity contribution in [1.29, 1.82) is 0 Å². The quantitative estimate of drug-likeness (QED) is 0.658. The van der Waals surface area contributed by atoms with Gasteiger partial charge in [-0.05, 0) is 24.3 Å². The van der Waals surface area contributed by atoms with Crippen LogP contribution in [0.5, 0.6) is 11.5 Å². The van der Waals surface area contributed by atoms with Crippen LogP contribution >= 0.6 is 11.6 Å². The normalized spacial score (nSPS) is 13.2. The average Bonchev–Trinajstić information content (AvgIpc) is 3.10. The number of rotatable bonds is 3. The van der Waals surface area contributed by atoms with Gasteiger partial charge < -0.3 is 20.1 Å². The summed E-state index contributed by atoms with van der Waals surface area (Å²) in [5, 5.41) is 12.9. The van der Waals surface area contributed by atoms with Crippen LogP contribution < -0.4 is 10.1 Å². The van der Waals surface area contributed by atoms with E-state index in [2.05, 4.69) is 20.3 Å². The van der Waals surface area contributed by atoms with Gasteiger partial charge in [0.15, 0.2) is 17.3 Å². The van der Waals surface area contributed by atoms with E-state index in [-0.39, 0.29) is 22.4 Å². The fourth-order valence-electron chi connectivity index (χ4n) is 2.94. The van der Waals surface area contributed by atoms with Gasteiger partial charge in [0.1, 0.15) is 0 Å². The number of nitrogens with zero attached hydrogens (tertiary/aromatic N) is 2. The Balaban J connectivity index is 1.76. The SMILES string of the molecule is COc1cc(-c2nccc(-c3cc4c([nH]3)CCNC4=O)n2)cc(Cl)c1O. The Bertz CT molecular complexity index is 1020. The lowest BCUT2D eigenvalue weighted by atomic mass is 10.1. The second kappa shape index (κ2) is 6.34. The minimum absolute atomic E-state index is 0.0851. The van der Waals surface area contributed by atoms with Crippen molar-refractivity contribution in [1.82, 2.24) is 20.3 Å². The maximum absolute atomic E-state index is 11.9. The lowest BCUT2D eigenvalue weighted by Gasteiger charge is -2.10. The van der Waals surface area contributed by atoms with Gasteiger partial charge in [0, 0.05) is 30.4 Å². The number of carbonyl (C=O) groups is 1. The zero-order valence-corrected chi connectivity index (χ0v) is 14.6. The lowest BCUT2D eigenvalue weighted by Crippen LogP contribution is -2.31. The van der Waals surface area contributed by atoms with E-state index >= 15 is 0 Å². The highest BCUT2D eigenvalue weighted by Gasteiger charge is 2.20. The Morgan fingerprint density at radius 1 is 1.31 bits per heavy atom. The molecular formula is C18H15ClN4O3. The molecule has 1 aromatic carbocycles. The van der Waals surface area contributed by atoms with E-state index < -0.39 is 0 Å². The molecule has 3 heterocycles. The van der Waals surface area contributed by atoms with Crippen molar-refractivity contribution >= 4 is 17.5 Å². The zero-order valence-electron chi connectivity index (χ0n) is 13.8. The van der Waals surface area contributed by atoms with Crippen LogP contribution in [0.15, 0.2) is 30.5 Å². The summed E-state index contributed by atoms with van der Waals surface area (Å²) in [7, 11) is 1.45. The maximum Gasteiger partial charge on any atom is 0.253 e. The molecule has 3 N–H and O–H groups in total. The first-order valence-corrected chi connectivity index (χ1v) is 8.35. The van der Waals surface area contributed by atoms with Gasteiger partial charge in [-0.1, -0.05) is 11.6 Å². The molecule has 26 heavy (non-hydrogen) atoms. The number of aromatic nitrogens is 3. The van der Waals surface area contributed by atoms with Crippen molar-refractivity contribution in [2.45, 2.75) is 6.42 Å². The molecule has 132 valence electrons. The van der Waals surface area contributed by atoms with E-state index in [1.807, 2.05) is 0 Å². The Kier molecular flexibility index (Phi) is 4.00. The van der Waals surface area contributed by atoms with E-state index in [1.54, 1.807) is 30.5 Å². The minimum Gasteiger partial charge on any atom is -0.503 e. The summed E-state index contributed by atoms with van der Waals surface area (Å²) in [6.45, 7) is 0.618.